The standard InChI is InChI=1S/C23H22Cl2N2O2/c24-21-12-11-19(15-22(21)25)27-23(28)16-26-18-9-4-10-20(14-18)29-13-5-8-17-6-2-1-3-7-17/h1-4,6-7,9-12,14-15,26H,5,8,13,16H2,(H,27,28). The van der Waals surface area contributed by atoms with Crippen molar-refractivity contribution in [3.05, 3.63) is 88.4 Å². The number of carbonyl (C=O) groups excluding carboxylic acids is 1. The number of nitrogens with one attached hydrogen (secondary N) is 2. The Kier molecular flexibility index (Phi) is 7.79. The third-order valence-corrected chi connectivity index (χ3v) is 4.95. The summed E-state index contributed by atoms with van der Waals surface area (Å²) in [5, 5.41) is 6.72. The number of hydrogen-bond acceptors (Lipinski definition) is 3. The fraction of sp³-hybridized carbons (Fsp3) is 0.174. The summed E-state index contributed by atoms with van der Waals surface area (Å²) in [6, 6.07) is 22.9. The zero-order chi connectivity index (χ0) is 20.5. The average Bonchev–Trinajstić information content (AvgIpc) is 2.73. The van der Waals surface area contributed by atoms with Gasteiger partial charge in [0, 0.05) is 17.4 Å². The third-order valence-electron chi connectivity index (χ3n) is 4.21. The first-order valence-electron chi connectivity index (χ1n) is 9.36. The molecule has 0 aromatic heterocycles. The van der Waals surface area contributed by atoms with Gasteiger partial charge in [-0.05, 0) is 48.7 Å². The van der Waals surface area contributed by atoms with E-state index in [1.54, 1.807) is 18.2 Å². The summed E-state index contributed by atoms with van der Waals surface area (Å²) < 4.78 is 5.83. The molecule has 0 bridgehead atoms. The first-order valence-corrected chi connectivity index (χ1v) is 10.1. The lowest BCUT2D eigenvalue weighted by atomic mass is 10.1. The third kappa shape index (κ3) is 7.00. The van der Waals surface area contributed by atoms with E-state index in [0.29, 0.717) is 22.3 Å². The molecule has 0 aliphatic heterocycles. The molecule has 0 heterocycles. The highest BCUT2D eigenvalue weighted by atomic mass is 35.5. The lowest BCUT2D eigenvalue weighted by Gasteiger charge is -2.11. The van der Waals surface area contributed by atoms with Crippen LogP contribution in [0.4, 0.5) is 11.4 Å². The second-order valence-electron chi connectivity index (χ2n) is 6.50. The molecule has 3 aromatic carbocycles. The number of carbonyl (C=O) groups is 1. The Morgan fingerprint density at radius 3 is 2.48 bits per heavy atom. The van der Waals surface area contributed by atoms with Crippen LogP contribution in [0.15, 0.2) is 72.8 Å². The van der Waals surface area contributed by atoms with Crippen LogP contribution < -0.4 is 15.4 Å². The Bertz CT molecular complexity index is 949. The van der Waals surface area contributed by atoms with Gasteiger partial charge in [-0.25, -0.2) is 0 Å². The zero-order valence-electron chi connectivity index (χ0n) is 15.8. The highest BCUT2D eigenvalue weighted by molar-refractivity contribution is 6.42. The second kappa shape index (κ2) is 10.7. The highest BCUT2D eigenvalue weighted by Gasteiger charge is 2.05. The topological polar surface area (TPSA) is 50.4 Å². The normalized spacial score (nSPS) is 10.4. The van der Waals surface area contributed by atoms with Crippen LogP contribution in [-0.2, 0) is 11.2 Å². The van der Waals surface area contributed by atoms with Crippen molar-refractivity contribution in [2.45, 2.75) is 12.8 Å². The summed E-state index contributed by atoms with van der Waals surface area (Å²) >= 11 is 11.8. The van der Waals surface area contributed by atoms with Gasteiger partial charge in [0.05, 0.1) is 23.2 Å². The maximum Gasteiger partial charge on any atom is 0.243 e. The molecule has 6 heteroatoms. The lowest BCUT2D eigenvalue weighted by Crippen LogP contribution is -2.21. The summed E-state index contributed by atoms with van der Waals surface area (Å²) in [5.41, 5.74) is 2.72. The first-order chi connectivity index (χ1) is 14.1. The molecular weight excluding hydrogens is 407 g/mol. The van der Waals surface area contributed by atoms with E-state index in [1.165, 1.54) is 5.56 Å². The monoisotopic (exact) mass is 428 g/mol. The molecule has 29 heavy (non-hydrogen) atoms. The van der Waals surface area contributed by atoms with Crippen LogP contribution in [0.25, 0.3) is 0 Å². The fourth-order valence-electron chi connectivity index (χ4n) is 2.77. The molecule has 0 saturated heterocycles. The van der Waals surface area contributed by atoms with Gasteiger partial charge in [0.2, 0.25) is 5.91 Å². The van der Waals surface area contributed by atoms with E-state index in [-0.39, 0.29) is 12.5 Å². The van der Waals surface area contributed by atoms with Crippen LogP contribution in [0.3, 0.4) is 0 Å². The van der Waals surface area contributed by atoms with E-state index in [4.69, 9.17) is 27.9 Å². The fourth-order valence-corrected chi connectivity index (χ4v) is 3.07. The maximum absolute atomic E-state index is 12.1. The van der Waals surface area contributed by atoms with Crippen molar-refractivity contribution >= 4 is 40.5 Å². The number of hydrogen-bond donors (Lipinski definition) is 2. The molecule has 1 amide bonds. The maximum atomic E-state index is 12.1. The van der Waals surface area contributed by atoms with Gasteiger partial charge >= 0.3 is 0 Å². The van der Waals surface area contributed by atoms with Gasteiger partial charge in [-0.15, -0.1) is 0 Å². The number of halogens is 2. The van der Waals surface area contributed by atoms with Crippen molar-refractivity contribution < 1.29 is 9.53 Å². The summed E-state index contributed by atoms with van der Waals surface area (Å²) in [6.07, 6.45) is 1.92. The van der Waals surface area contributed by atoms with Gasteiger partial charge in [0.1, 0.15) is 5.75 Å². The highest BCUT2D eigenvalue weighted by Crippen LogP contribution is 2.25. The van der Waals surface area contributed by atoms with Gasteiger partial charge in [-0.1, -0.05) is 59.6 Å². The summed E-state index contributed by atoms with van der Waals surface area (Å²) in [4.78, 5) is 12.1. The van der Waals surface area contributed by atoms with E-state index in [0.717, 1.165) is 24.3 Å². The van der Waals surface area contributed by atoms with Gasteiger partial charge in [0.25, 0.3) is 0 Å². The molecule has 0 radical (unpaired) electrons. The SMILES string of the molecule is O=C(CNc1cccc(OCCCc2ccccc2)c1)Nc1ccc(Cl)c(Cl)c1. The van der Waals surface area contributed by atoms with E-state index < -0.39 is 0 Å². The van der Waals surface area contributed by atoms with Crippen LogP contribution in [0, 0.1) is 0 Å². The minimum absolute atomic E-state index is 0.123. The van der Waals surface area contributed by atoms with E-state index in [2.05, 4.69) is 22.8 Å². The molecule has 0 atom stereocenters. The van der Waals surface area contributed by atoms with Crippen molar-refractivity contribution in [1.29, 1.82) is 0 Å². The molecule has 0 aliphatic rings. The summed E-state index contributed by atoms with van der Waals surface area (Å²) in [6.45, 7) is 0.758. The summed E-state index contributed by atoms with van der Waals surface area (Å²) in [5.74, 6) is 0.588. The number of rotatable bonds is 9. The predicted octanol–water partition coefficient (Wildman–Crippen LogP) is 6.06. The van der Waals surface area contributed by atoms with Crippen LogP contribution in [0.5, 0.6) is 5.75 Å². The number of ether oxygens (including phenoxy) is 1. The molecule has 0 fully saturated rings. The minimum atomic E-state index is -0.183. The Morgan fingerprint density at radius 2 is 1.69 bits per heavy atom. The molecule has 3 rings (SSSR count). The zero-order valence-corrected chi connectivity index (χ0v) is 17.3. The van der Waals surface area contributed by atoms with Crippen LogP contribution >= 0.6 is 23.2 Å². The molecular formula is C23H22Cl2N2O2. The Morgan fingerprint density at radius 1 is 0.862 bits per heavy atom. The van der Waals surface area contributed by atoms with Crippen molar-refractivity contribution in [3.8, 4) is 5.75 Å². The first kappa shape index (κ1) is 21.0. The molecule has 0 spiro atoms. The number of aryl methyl sites for hydroxylation is 1. The Labute approximate surface area is 180 Å². The largest absolute Gasteiger partial charge is 0.494 e. The molecule has 3 aromatic rings. The smallest absolute Gasteiger partial charge is 0.243 e. The number of amides is 1. The molecule has 0 unspecified atom stereocenters. The molecule has 150 valence electrons. The van der Waals surface area contributed by atoms with Gasteiger partial charge in [0.15, 0.2) is 0 Å². The van der Waals surface area contributed by atoms with E-state index >= 15 is 0 Å². The molecule has 0 saturated carbocycles. The predicted molar refractivity (Wildman–Crippen MR) is 120 cm³/mol. The Hall–Kier alpha value is -2.69. The van der Waals surface area contributed by atoms with Crippen LogP contribution in [-0.4, -0.2) is 19.1 Å². The molecule has 0 aliphatic carbocycles. The van der Waals surface area contributed by atoms with Crippen molar-refractivity contribution in [3.63, 3.8) is 0 Å². The number of benzene rings is 3. The summed E-state index contributed by atoms with van der Waals surface area (Å²) in [7, 11) is 0. The van der Waals surface area contributed by atoms with Crippen molar-refractivity contribution in [2.75, 3.05) is 23.8 Å². The van der Waals surface area contributed by atoms with Crippen LogP contribution in [0.2, 0.25) is 10.0 Å². The average molecular weight is 429 g/mol. The molecule has 4 nitrogen and oxygen atoms in total. The van der Waals surface area contributed by atoms with Gasteiger partial charge < -0.3 is 15.4 Å². The van der Waals surface area contributed by atoms with Crippen molar-refractivity contribution in [1.82, 2.24) is 0 Å². The molecule has 2 N–H and O–H groups in total. The van der Waals surface area contributed by atoms with Gasteiger partial charge in [-0.3, -0.25) is 4.79 Å². The van der Waals surface area contributed by atoms with E-state index in [1.807, 2.05) is 42.5 Å². The van der Waals surface area contributed by atoms with Crippen LogP contribution in [0.1, 0.15) is 12.0 Å². The van der Waals surface area contributed by atoms with Crippen molar-refractivity contribution in [2.24, 2.45) is 0 Å². The minimum Gasteiger partial charge on any atom is -0.494 e. The van der Waals surface area contributed by atoms with Gasteiger partial charge in [-0.2, -0.15) is 0 Å². The number of anilines is 2. The lowest BCUT2D eigenvalue weighted by molar-refractivity contribution is -0.114. The quantitative estimate of drug-likeness (QED) is 0.407. The van der Waals surface area contributed by atoms with E-state index in [9.17, 15) is 4.79 Å². The Balaban J connectivity index is 1.43. The second-order valence-corrected chi connectivity index (χ2v) is 7.31.